The topological polar surface area (TPSA) is 86.5 Å². The number of nitrogens with zero attached hydrogens (tertiary/aromatic N) is 2. The van der Waals surface area contributed by atoms with Crippen molar-refractivity contribution < 1.29 is 18.8 Å². The Balaban J connectivity index is 1.59. The molecule has 1 amide bonds. The highest BCUT2D eigenvalue weighted by molar-refractivity contribution is 5.90. The van der Waals surface area contributed by atoms with Gasteiger partial charge in [0.15, 0.2) is 6.61 Å². The van der Waals surface area contributed by atoms with E-state index in [2.05, 4.69) is 15.5 Å². The fourth-order valence-corrected chi connectivity index (χ4v) is 2.31. The van der Waals surface area contributed by atoms with Gasteiger partial charge in [-0.15, -0.1) is 0 Å². The van der Waals surface area contributed by atoms with Crippen molar-refractivity contribution in [3.63, 3.8) is 0 Å². The van der Waals surface area contributed by atoms with Crippen molar-refractivity contribution in [1.29, 1.82) is 0 Å². The normalized spacial score (nSPS) is 10.4. The van der Waals surface area contributed by atoms with Gasteiger partial charge in [0.2, 0.25) is 0 Å². The summed E-state index contributed by atoms with van der Waals surface area (Å²) in [7, 11) is 1.59. The molecule has 0 atom stereocenters. The molecule has 0 aliphatic carbocycles. The number of amides is 1. The van der Waals surface area contributed by atoms with Gasteiger partial charge in [0.05, 0.1) is 7.11 Å². The van der Waals surface area contributed by atoms with Gasteiger partial charge in [-0.2, -0.15) is 4.98 Å². The molecule has 134 valence electrons. The lowest BCUT2D eigenvalue weighted by atomic mass is 10.1. The van der Waals surface area contributed by atoms with E-state index in [0.717, 1.165) is 22.4 Å². The number of aryl methyl sites for hydroxylation is 1. The summed E-state index contributed by atoms with van der Waals surface area (Å²) in [5, 5.41) is 6.31. The van der Waals surface area contributed by atoms with Gasteiger partial charge in [-0.25, -0.2) is 0 Å². The first kappa shape index (κ1) is 17.5. The van der Waals surface area contributed by atoms with E-state index in [-0.39, 0.29) is 18.5 Å². The molecule has 7 heteroatoms. The molecule has 26 heavy (non-hydrogen) atoms. The third kappa shape index (κ3) is 4.00. The molecule has 2 aromatic carbocycles. The van der Waals surface area contributed by atoms with E-state index in [1.54, 1.807) is 31.4 Å². The number of benzene rings is 2. The first-order valence-electron chi connectivity index (χ1n) is 8.04. The smallest absolute Gasteiger partial charge is 0.270 e. The minimum absolute atomic E-state index is 0.0883. The molecule has 0 aliphatic rings. The van der Waals surface area contributed by atoms with Gasteiger partial charge in [0.1, 0.15) is 11.5 Å². The molecule has 0 radical (unpaired) electrons. The summed E-state index contributed by atoms with van der Waals surface area (Å²) in [6.07, 6.45) is 0. The number of carbonyl (C=O) groups is 1. The van der Waals surface area contributed by atoms with Gasteiger partial charge in [-0.3, -0.25) is 10.1 Å². The number of ether oxygens (including phenoxy) is 2. The van der Waals surface area contributed by atoms with E-state index in [4.69, 9.17) is 14.0 Å². The number of anilines is 1. The van der Waals surface area contributed by atoms with Crippen molar-refractivity contribution in [3.05, 3.63) is 53.6 Å². The van der Waals surface area contributed by atoms with E-state index in [9.17, 15) is 4.79 Å². The number of carbonyl (C=O) groups excluding carboxylic acids is 1. The molecule has 0 bridgehead atoms. The Bertz CT molecular complexity index is 903. The Labute approximate surface area is 150 Å². The molecular weight excluding hydrogens is 334 g/mol. The molecular formula is C19H19N3O4. The average molecular weight is 353 g/mol. The zero-order chi connectivity index (χ0) is 18.5. The molecule has 1 N–H and O–H groups in total. The summed E-state index contributed by atoms with van der Waals surface area (Å²) in [4.78, 5) is 16.2. The molecule has 3 aromatic rings. The van der Waals surface area contributed by atoms with Crippen LogP contribution in [0, 0.1) is 13.8 Å². The highest BCUT2D eigenvalue weighted by Crippen LogP contribution is 2.22. The van der Waals surface area contributed by atoms with Crippen LogP contribution in [-0.2, 0) is 4.79 Å². The van der Waals surface area contributed by atoms with Gasteiger partial charge >= 0.3 is 0 Å². The molecule has 0 aliphatic heterocycles. The summed E-state index contributed by atoms with van der Waals surface area (Å²) < 4.78 is 15.8. The van der Waals surface area contributed by atoms with Crippen LogP contribution in [0.2, 0.25) is 0 Å². The fourth-order valence-electron chi connectivity index (χ4n) is 2.31. The van der Waals surface area contributed by atoms with Crippen molar-refractivity contribution in [3.8, 4) is 23.0 Å². The minimum atomic E-state index is -0.368. The summed E-state index contributed by atoms with van der Waals surface area (Å²) in [6, 6.07) is 12.9. The van der Waals surface area contributed by atoms with Crippen LogP contribution in [0.5, 0.6) is 11.5 Å². The first-order valence-corrected chi connectivity index (χ1v) is 8.04. The fraction of sp³-hybridized carbons (Fsp3) is 0.211. The average Bonchev–Trinajstić information content (AvgIpc) is 3.11. The molecule has 1 heterocycles. The highest BCUT2D eigenvalue weighted by Gasteiger charge is 2.12. The van der Waals surface area contributed by atoms with Crippen LogP contribution in [-0.4, -0.2) is 29.8 Å². The zero-order valence-corrected chi connectivity index (χ0v) is 14.8. The minimum Gasteiger partial charge on any atom is -0.497 e. The third-order valence-corrected chi connectivity index (χ3v) is 3.93. The largest absolute Gasteiger partial charge is 0.497 e. The van der Waals surface area contributed by atoms with E-state index in [0.29, 0.717) is 11.6 Å². The first-order chi connectivity index (χ1) is 12.6. The Morgan fingerprint density at radius 1 is 1.15 bits per heavy atom. The van der Waals surface area contributed by atoms with Crippen molar-refractivity contribution in [2.24, 2.45) is 0 Å². The molecule has 1 aromatic heterocycles. The number of hydrogen-bond donors (Lipinski definition) is 1. The quantitative estimate of drug-likeness (QED) is 0.731. The predicted molar refractivity (Wildman–Crippen MR) is 96.3 cm³/mol. The lowest BCUT2D eigenvalue weighted by Crippen LogP contribution is -2.21. The monoisotopic (exact) mass is 353 g/mol. The maximum Gasteiger partial charge on any atom is 0.270 e. The summed E-state index contributed by atoms with van der Waals surface area (Å²) in [5.74, 6) is 1.43. The van der Waals surface area contributed by atoms with Crippen LogP contribution < -0.4 is 14.8 Å². The van der Waals surface area contributed by atoms with Crippen LogP contribution in [0.15, 0.2) is 47.0 Å². The van der Waals surface area contributed by atoms with Gasteiger partial charge in [0, 0.05) is 5.56 Å². The molecule has 3 rings (SSSR count). The lowest BCUT2D eigenvalue weighted by Gasteiger charge is -2.09. The standard InChI is InChI=1S/C19H19N3O4/c1-12-5-4-6-16(13(12)2)25-11-17(23)20-19-21-18(26-22-19)14-7-9-15(24-3)10-8-14/h4-10H,11H2,1-3H3,(H,20,22,23). The second-order valence-corrected chi connectivity index (χ2v) is 5.69. The molecule has 0 saturated carbocycles. The number of nitrogens with one attached hydrogen (secondary N) is 1. The van der Waals surface area contributed by atoms with Crippen LogP contribution in [0.1, 0.15) is 11.1 Å². The lowest BCUT2D eigenvalue weighted by molar-refractivity contribution is -0.118. The maximum atomic E-state index is 12.0. The third-order valence-electron chi connectivity index (χ3n) is 3.93. The molecule has 7 nitrogen and oxygen atoms in total. The van der Waals surface area contributed by atoms with Gasteiger partial charge in [0.25, 0.3) is 17.7 Å². The summed E-state index contributed by atoms with van der Waals surface area (Å²) in [5.41, 5.74) is 2.83. The zero-order valence-electron chi connectivity index (χ0n) is 14.8. The van der Waals surface area contributed by atoms with E-state index >= 15 is 0 Å². The number of aromatic nitrogens is 2. The second kappa shape index (κ2) is 7.69. The Morgan fingerprint density at radius 3 is 2.65 bits per heavy atom. The summed E-state index contributed by atoms with van der Waals surface area (Å²) >= 11 is 0. The van der Waals surface area contributed by atoms with Crippen LogP contribution in [0.4, 0.5) is 5.95 Å². The van der Waals surface area contributed by atoms with E-state index < -0.39 is 0 Å². The van der Waals surface area contributed by atoms with Crippen molar-refractivity contribution >= 4 is 11.9 Å². The molecule has 0 saturated heterocycles. The Hall–Kier alpha value is -3.35. The maximum absolute atomic E-state index is 12.0. The second-order valence-electron chi connectivity index (χ2n) is 5.69. The molecule has 0 unspecified atom stereocenters. The van der Waals surface area contributed by atoms with E-state index in [1.165, 1.54) is 0 Å². The van der Waals surface area contributed by atoms with Crippen molar-refractivity contribution in [2.75, 3.05) is 19.0 Å². The van der Waals surface area contributed by atoms with Crippen molar-refractivity contribution in [2.45, 2.75) is 13.8 Å². The van der Waals surface area contributed by atoms with Crippen LogP contribution in [0.25, 0.3) is 11.5 Å². The van der Waals surface area contributed by atoms with Crippen LogP contribution in [0.3, 0.4) is 0 Å². The number of rotatable bonds is 6. The molecule has 0 fully saturated rings. The Morgan fingerprint density at radius 2 is 1.92 bits per heavy atom. The highest BCUT2D eigenvalue weighted by atomic mass is 16.5. The summed E-state index contributed by atoms with van der Waals surface area (Å²) in [6.45, 7) is 3.79. The van der Waals surface area contributed by atoms with Crippen molar-refractivity contribution in [1.82, 2.24) is 10.1 Å². The number of hydrogen-bond acceptors (Lipinski definition) is 6. The van der Waals surface area contributed by atoms with Gasteiger partial charge in [-0.05, 0) is 60.5 Å². The predicted octanol–water partition coefficient (Wildman–Crippen LogP) is 3.38. The van der Waals surface area contributed by atoms with Gasteiger partial charge in [-0.1, -0.05) is 12.1 Å². The number of methoxy groups -OCH3 is 1. The SMILES string of the molecule is COc1ccc(-c2nc(NC(=O)COc3cccc(C)c3C)no2)cc1. The Kier molecular flexibility index (Phi) is 5.17. The molecule has 0 spiro atoms. The van der Waals surface area contributed by atoms with Gasteiger partial charge < -0.3 is 14.0 Å². The van der Waals surface area contributed by atoms with Crippen LogP contribution >= 0.6 is 0 Å². The van der Waals surface area contributed by atoms with E-state index in [1.807, 2.05) is 32.0 Å².